The Bertz CT molecular complexity index is 559. The van der Waals surface area contributed by atoms with Gasteiger partial charge < -0.3 is 20.1 Å². The van der Waals surface area contributed by atoms with E-state index in [-0.39, 0.29) is 0 Å². The van der Waals surface area contributed by atoms with Crippen molar-refractivity contribution < 1.29 is 9.47 Å². The Hall–Kier alpha value is -1.63. The third kappa shape index (κ3) is 9.04. The lowest BCUT2D eigenvalue weighted by Crippen LogP contribution is -2.38. The first kappa shape index (κ1) is 22.7. The lowest BCUT2D eigenvalue weighted by atomic mass is 10.1. The molecule has 1 aromatic rings. The van der Waals surface area contributed by atoms with Gasteiger partial charge in [-0.25, -0.2) is 4.99 Å². The predicted octanol–water partition coefficient (Wildman–Crippen LogP) is 2.78. The van der Waals surface area contributed by atoms with E-state index in [4.69, 9.17) is 14.5 Å². The molecule has 2 N–H and O–H groups in total. The molecule has 6 heteroatoms. The van der Waals surface area contributed by atoms with Crippen molar-refractivity contribution in [2.45, 2.75) is 46.2 Å². The smallest absolute Gasteiger partial charge is 0.191 e. The summed E-state index contributed by atoms with van der Waals surface area (Å²) in [5.74, 6) is 0.872. The van der Waals surface area contributed by atoms with Gasteiger partial charge in [0.25, 0.3) is 0 Å². The number of nitrogens with one attached hydrogen (secondary N) is 2. The molecule has 0 atom stereocenters. The van der Waals surface area contributed by atoms with Crippen molar-refractivity contribution in [1.29, 1.82) is 0 Å². The average molecular weight is 391 g/mol. The number of hydrogen-bond donors (Lipinski definition) is 2. The number of ether oxygens (including phenoxy) is 2. The van der Waals surface area contributed by atoms with Crippen LogP contribution < -0.4 is 10.6 Å². The Kier molecular flexibility index (Phi) is 11.6. The lowest BCUT2D eigenvalue weighted by Gasteiger charge is -2.27. The molecule has 1 aliphatic rings. The van der Waals surface area contributed by atoms with Crippen LogP contribution in [0.1, 0.15) is 44.2 Å². The molecule has 1 fully saturated rings. The molecule has 0 aliphatic carbocycles. The van der Waals surface area contributed by atoms with Crippen molar-refractivity contribution >= 4 is 5.96 Å². The number of benzene rings is 1. The Balaban J connectivity index is 1.82. The summed E-state index contributed by atoms with van der Waals surface area (Å²) in [5, 5.41) is 6.75. The number of aliphatic imine (C=N–C) groups is 1. The first-order valence-corrected chi connectivity index (χ1v) is 10.8. The zero-order valence-electron chi connectivity index (χ0n) is 17.7. The fourth-order valence-corrected chi connectivity index (χ4v) is 3.10. The number of morpholine rings is 1. The zero-order valence-corrected chi connectivity index (χ0v) is 17.7. The SMILES string of the molecule is CCCCOCCCNC(=NCc1ccccc1CN1CCOCC1)NCC. The minimum Gasteiger partial charge on any atom is -0.381 e. The van der Waals surface area contributed by atoms with Gasteiger partial charge in [-0.2, -0.15) is 0 Å². The van der Waals surface area contributed by atoms with Crippen molar-refractivity contribution in [3.8, 4) is 0 Å². The first-order valence-electron chi connectivity index (χ1n) is 10.8. The van der Waals surface area contributed by atoms with E-state index in [0.717, 1.165) is 78.0 Å². The summed E-state index contributed by atoms with van der Waals surface area (Å²) in [5.41, 5.74) is 2.64. The minimum absolute atomic E-state index is 0.683. The standard InChI is InChI=1S/C22H38N4O2/c1-3-5-14-27-15-8-11-24-22(23-4-2)25-18-20-9-6-7-10-21(20)19-26-12-16-28-17-13-26/h6-7,9-10H,3-5,8,11-19H2,1-2H3,(H2,23,24,25). The number of nitrogens with zero attached hydrogens (tertiary/aromatic N) is 2. The number of rotatable bonds is 12. The zero-order chi connectivity index (χ0) is 19.9. The molecule has 1 aromatic carbocycles. The maximum absolute atomic E-state index is 5.62. The molecule has 158 valence electrons. The highest BCUT2D eigenvalue weighted by Crippen LogP contribution is 2.14. The molecule has 0 radical (unpaired) electrons. The maximum Gasteiger partial charge on any atom is 0.191 e. The van der Waals surface area contributed by atoms with Gasteiger partial charge in [-0.15, -0.1) is 0 Å². The average Bonchev–Trinajstić information content (AvgIpc) is 2.73. The van der Waals surface area contributed by atoms with Crippen LogP contribution in [-0.4, -0.2) is 63.5 Å². The highest BCUT2D eigenvalue weighted by molar-refractivity contribution is 5.79. The van der Waals surface area contributed by atoms with E-state index in [9.17, 15) is 0 Å². The Morgan fingerprint density at radius 3 is 2.57 bits per heavy atom. The number of guanidine groups is 1. The molecule has 0 bridgehead atoms. The van der Waals surface area contributed by atoms with Crippen LogP contribution in [0, 0.1) is 0 Å². The molecular formula is C22H38N4O2. The molecule has 0 spiro atoms. The summed E-state index contributed by atoms with van der Waals surface area (Å²) >= 11 is 0. The molecule has 6 nitrogen and oxygen atoms in total. The van der Waals surface area contributed by atoms with Gasteiger partial charge in [-0.1, -0.05) is 37.6 Å². The molecule has 2 rings (SSSR count). The predicted molar refractivity (Wildman–Crippen MR) is 116 cm³/mol. The van der Waals surface area contributed by atoms with Crippen molar-refractivity contribution in [3.05, 3.63) is 35.4 Å². The Morgan fingerprint density at radius 1 is 1.07 bits per heavy atom. The van der Waals surface area contributed by atoms with Gasteiger partial charge in [0.05, 0.1) is 19.8 Å². The lowest BCUT2D eigenvalue weighted by molar-refractivity contribution is 0.0341. The molecule has 1 aliphatic heterocycles. The summed E-state index contributed by atoms with van der Waals surface area (Å²) in [6.07, 6.45) is 3.31. The van der Waals surface area contributed by atoms with Gasteiger partial charge in [0.1, 0.15) is 0 Å². The second-order valence-corrected chi connectivity index (χ2v) is 7.10. The van der Waals surface area contributed by atoms with Gasteiger partial charge in [0, 0.05) is 45.9 Å². The molecule has 28 heavy (non-hydrogen) atoms. The van der Waals surface area contributed by atoms with Gasteiger partial charge in [-0.05, 0) is 30.9 Å². The Labute approximate surface area is 170 Å². The van der Waals surface area contributed by atoms with Crippen molar-refractivity contribution in [2.24, 2.45) is 4.99 Å². The minimum atomic E-state index is 0.683. The first-order chi connectivity index (χ1) is 13.8. The van der Waals surface area contributed by atoms with Gasteiger partial charge >= 0.3 is 0 Å². The largest absolute Gasteiger partial charge is 0.381 e. The summed E-state index contributed by atoms with van der Waals surface area (Å²) in [7, 11) is 0. The normalized spacial score (nSPS) is 15.6. The molecule has 0 saturated carbocycles. The van der Waals surface area contributed by atoms with E-state index >= 15 is 0 Å². The second kappa shape index (κ2) is 14.4. The highest BCUT2D eigenvalue weighted by Gasteiger charge is 2.12. The van der Waals surface area contributed by atoms with Crippen LogP contribution in [0.4, 0.5) is 0 Å². The van der Waals surface area contributed by atoms with Gasteiger partial charge in [-0.3, -0.25) is 4.90 Å². The van der Waals surface area contributed by atoms with Crippen LogP contribution in [0.25, 0.3) is 0 Å². The molecule has 1 saturated heterocycles. The van der Waals surface area contributed by atoms with E-state index in [2.05, 4.69) is 53.6 Å². The van der Waals surface area contributed by atoms with Crippen LogP contribution in [0.15, 0.2) is 29.3 Å². The van der Waals surface area contributed by atoms with Crippen molar-refractivity contribution in [1.82, 2.24) is 15.5 Å². The quantitative estimate of drug-likeness (QED) is 0.327. The van der Waals surface area contributed by atoms with Crippen molar-refractivity contribution in [2.75, 3.05) is 52.6 Å². The van der Waals surface area contributed by atoms with Crippen LogP contribution >= 0.6 is 0 Å². The topological polar surface area (TPSA) is 58.1 Å². The van der Waals surface area contributed by atoms with E-state index in [0.29, 0.717) is 6.54 Å². The molecular weight excluding hydrogens is 352 g/mol. The van der Waals surface area contributed by atoms with Gasteiger partial charge in [0.2, 0.25) is 0 Å². The van der Waals surface area contributed by atoms with E-state index in [1.807, 2.05) is 0 Å². The summed E-state index contributed by atoms with van der Waals surface area (Å²) in [4.78, 5) is 7.25. The van der Waals surface area contributed by atoms with Crippen LogP contribution in [-0.2, 0) is 22.6 Å². The molecule has 0 unspecified atom stereocenters. The van der Waals surface area contributed by atoms with E-state index < -0.39 is 0 Å². The highest BCUT2D eigenvalue weighted by atomic mass is 16.5. The fraction of sp³-hybridized carbons (Fsp3) is 0.682. The van der Waals surface area contributed by atoms with Gasteiger partial charge in [0.15, 0.2) is 5.96 Å². The third-order valence-corrected chi connectivity index (χ3v) is 4.77. The van der Waals surface area contributed by atoms with Crippen LogP contribution in [0.2, 0.25) is 0 Å². The van der Waals surface area contributed by atoms with Crippen molar-refractivity contribution in [3.63, 3.8) is 0 Å². The second-order valence-electron chi connectivity index (χ2n) is 7.10. The van der Waals surface area contributed by atoms with E-state index in [1.165, 1.54) is 17.5 Å². The van der Waals surface area contributed by atoms with E-state index in [1.54, 1.807) is 0 Å². The summed E-state index contributed by atoms with van der Waals surface area (Å²) < 4.78 is 11.1. The van der Waals surface area contributed by atoms with Crippen LogP contribution in [0.5, 0.6) is 0 Å². The Morgan fingerprint density at radius 2 is 1.82 bits per heavy atom. The summed E-state index contributed by atoms with van der Waals surface area (Å²) in [6.45, 7) is 13.0. The fourth-order valence-electron chi connectivity index (χ4n) is 3.10. The monoisotopic (exact) mass is 390 g/mol. The number of hydrogen-bond acceptors (Lipinski definition) is 4. The molecule has 0 aromatic heterocycles. The third-order valence-electron chi connectivity index (χ3n) is 4.77. The maximum atomic E-state index is 5.62. The van der Waals surface area contributed by atoms with Crippen LogP contribution in [0.3, 0.4) is 0 Å². The molecule has 1 heterocycles. The number of unbranched alkanes of at least 4 members (excludes halogenated alkanes) is 1. The summed E-state index contributed by atoms with van der Waals surface area (Å²) in [6, 6.07) is 8.62. The molecule has 0 amide bonds.